The van der Waals surface area contributed by atoms with Crippen LogP contribution >= 0.6 is 0 Å². The average molecular weight is 220 g/mol. The highest BCUT2D eigenvalue weighted by molar-refractivity contribution is 5.87. The highest BCUT2D eigenvalue weighted by Gasteiger charge is 2.13. The highest BCUT2D eigenvalue weighted by atomic mass is 19.3. The van der Waals surface area contributed by atoms with Gasteiger partial charge < -0.3 is 15.5 Å². The molecule has 0 saturated carbocycles. The van der Waals surface area contributed by atoms with Gasteiger partial charge >= 0.3 is 0 Å². The average Bonchev–Trinajstić information content (AvgIpc) is 2.58. The van der Waals surface area contributed by atoms with Crippen molar-refractivity contribution in [2.45, 2.75) is 6.43 Å². The molecule has 2 N–H and O–H groups in total. The topological polar surface area (TPSA) is 56.7 Å². The summed E-state index contributed by atoms with van der Waals surface area (Å²) in [7, 11) is 1.84. The van der Waals surface area contributed by atoms with Gasteiger partial charge in [0.2, 0.25) is 5.91 Å². The van der Waals surface area contributed by atoms with E-state index in [4.69, 9.17) is 0 Å². The van der Waals surface area contributed by atoms with Gasteiger partial charge in [-0.15, -0.1) is 0 Å². The maximum atomic E-state index is 11.7. The first kappa shape index (κ1) is 11.7. The van der Waals surface area contributed by atoms with Crippen LogP contribution in [0.2, 0.25) is 0 Å². The van der Waals surface area contributed by atoms with Crippen LogP contribution < -0.4 is 10.6 Å². The molecular formula is C8H14F2N4O. The number of halogens is 2. The van der Waals surface area contributed by atoms with Crippen LogP contribution in [-0.2, 0) is 4.79 Å². The largest absolute Gasteiger partial charge is 0.349 e. The number of nitrogens with zero attached hydrogens (tertiary/aromatic N) is 2. The van der Waals surface area contributed by atoms with Crippen LogP contribution in [0.15, 0.2) is 4.99 Å². The summed E-state index contributed by atoms with van der Waals surface area (Å²) in [4.78, 5) is 17.0. The number of likely N-dealkylation sites (N-methyl/N-ethyl adjacent to an activating group) is 1. The molecule has 0 atom stereocenters. The Morgan fingerprint density at radius 1 is 1.67 bits per heavy atom. The third-order valence-corrected chi connectivity index (χ3v) is 1.92. The number of hydrogen-bond acceptors (Lipinski definition) is 4. The number of aliphatic imine (C=N–C) groups is 1. The SMILES string of the molecule is CN1CCN=C1NCC(=O)NCC(F)F. The second-order valence-corrected chi connectivity index (χ2v) is 3.18. The molecule has 5 nitrogen and oxygen atoms in total. The summed E-state index contributed by atoms with van der Waals surface area (Å²) < 4.78 is 23.5. The molecule has 0 spiro atoms. The maximum absolute atomic E-state index is 11.7. The Labute approximate surface area is 86.5 Å². The minimum atomic E-state index is -2.51. The molecule has 1 amide bonds. The first-order valence-corrected chi connectivity index (χ1v) is 4.64. The third-order valence-electron chi connectivity index (χ3n) is 1.92. The number of hydrogen-bond donors (Lipinski definition) is 2. The van der Waals surface area contributed by atoms with Crippen molar-refractivity contribution >= 4 is 11.9 Å². The quantitative estimate of drug-likeness (QED) is 0.656. The molecule has 1 aliphatic rings. The predicted molar refractivity (Wildman–Crippen MR) is 51.9 cm³/mol. The molecule has 0 aromatic rings. The summed E-state index contributed by atoms with van der Waals surface area (Å²) in [6, 6.07) is 0. The number of carbonyl (C=O) groups is 1. The first-order valence-electron chi connectivity index (χ1n) is 4.64. The van der Waals surface area contributed by atoms with Gasteiger partial charge in [-0.3, -0.25) is 9.79 Å². The summed E-state index contributed by atoms with van der Waals surface area (Å²) >= 11 is 0. The molecule has 15 heavy (non-hydrogen) atoms. The summed E-state index contributed by atoms with van der Waals surface area (Å²) in [5.41, 5.74) is 0. The van der Waals surface area contributed by atoms with Crippen LogP contribution in [0.1, 0.15) is 0 Å². The normalized spacial score (nSPS) is 15.5. The zero-order chi connectivity index (χ0) is 11.3. The highest BCUT2D eigenvalue weighted by Crippen LogP contribution is 1.94. The molecule has 0 bridgehead atoms. The van der Waals surface area contributed by atoms with E-state index in [0.29, 0.717) is 12.5 Å². The number of amides is 1. The van der Waals surface area contributed by atoms with Crippen molar-refractivity contribution < 1.29 is 13.6 Å². The van der Waals surface area contributed by atoms with Crippen LogP contribution in [0.3, 0.4) is 0 Å². The van der Waals surface area contributed by atoms with E-state index in [2.05, 4.69) is 15.6 Å². The van der Waals surface area contributed by atoms with Gasteiger partial charge in [0.05, 0.1) is 19.6 Å². The second-order valence-electron chi connectivity index (χ2n) is 3.18. The van der Waals surface area contributed by atoms with Crippen molar-refractivity contribution in [3.8, 4) is 0 Å². The Morgan fingerprint density at radius 2 is 2.40 bits per heavy atom. The van der Waals surface area contributed by atoms with Crippen molar-refractivity contribution in [2.24, 2.45) is 4.99 Å². The fourth-order valence-electron chi connectivity index (χ4n) is 1.14. The van der Waals surface area contributed by atoms with Gasteiger partial charge in [-0.25, -0.2) is 8.78 Å². The van der Waals surface area contributed by atoms with E-state index >= 15 is 0 Å². The Morgan fingerprint density at radius 3 is 2.93 bits per heavy atom. The van der Waals surface area contributed by atoms with Gasteiger partial charge in [0.15, 0.2) is 5.96 Å². The molecule has 1 heterocycles. The monoisotopic (exact) mass is 220 g/mol. The number of rotatable bonds is 4. The lowest BCUT2D eigenvalue weighted by Crippen LogP contribution is -2.42. The van der Waals surface area contributed by atoms with E-state index in [9.17, 15) is 13.6 Å². The van der Waals surface area contributed by atoms with Crippen LogP contribution in [0.5, 0.6) is 0 Å². The fraction of sp³-hybridized carbons (Fsp3) is 0.750. The summed E-state index contributed by atoms with van der Waals surface area (Å²) in [5.74, 6) is 0.167. The standard InChI is InChI=1S/C8H14F2N4O/c1-14-3-2-11-8(14)13-5-7(15)12-4-6(9)10/h6H,2-5H2,1H3,(H,11,13)(H,12,15). The van der Waals surface area contributed by atoms with E-state index < -0.39 is 18.9 Å². The molecule has 0 aromatic heterocycles. The number of guanidine groups is 1. The van der Waals surface area contributed by atoms with E-state index in [0.717, 1.165) is 6.54 Å². The van der Waals surface area contributed by atoms with E-state index in [1.807, 2.05) is 11.9 Å². The van der Waals surface area contributed by atoms with Gasteiger partial charge in [0.25, 0.3) is 6.43 Å². The molecule has 0 aromatic carbocycles. The minimum absolute atomic E-state index is 0.0319. The molecule has 0 unspecified atom stereocenters. The zero-order valence-corrected chi connectivity index (χ0v) is 8.46. The molecule has 1 aliphatic heterocycles. The van der Waals surface area contributed by atoms with Crippen molar-refractivity contribution in [3.05, 3.63) is 0 Å². The summed E-state index contributed by atoms with van der Waals surface area (Å²) in [6.07, 6.45) is -2.51. The van der Waals surface area contributed by atoms with Crippen molar-refractivity contribution in [1.29, 1.82) is 0 Å². The Hall–Kier alpha value is -1.40. The van der Waals surface area contributed by atoms with E-state index in [1.54, 1.807) is 0 Å². The Kier molecular flexibility index (Phi) is 4.26. The minimum Gasteiger partial charge on any atom is -0.349 e. The Balaban J connectivity index is 2.16. The zero-order valence-electron chi connectivity index (χ0n) is 8.46. The first-order chi connectivity index (χ1) is 7.09. The van der Waals surface area contributed by atoms with Crippen LogP contribution in [0, 0.1) is 0 Å². The molecule has 0 saturated heterocycles. The van der Waals surface area contributed by atoms with Gasteiger partial charge in [-0.2, -0.15) is 0 Å². The number of nitrogens with one attached hydrogen (secondary N) is 2. The van der Waals surface area contributed by atoms with Crippen LogP contribution in [0.25, 0.3) is 0 Å². The van der Waals surface area contributed by atoms with Crippen LogP contribution in [-0.4, -0.2) is 56.4 Å². The van der Waals surface area contributed by atoms with Gasteiger partial charge in [-0.05, 0) is 0 Å². The lowest BCUT2D eigenvalue weighted by atomic mass is 10.5. The molecule has 7 heteroatoms. The second kappa shape index (κ2) is 5.47. The molecule has 0 aliphatic carbocycles. The molecular weight excluding hydrogens is 206 g/mol. The maximum Gasteiger partial charge on any atom is 0.255 e. The van der Waals surface area contributed by atoms with Gasteiger partial charge in [0.1, 0.15) is 0 Å². The predicted octanol–water partition coefficient (Wildman–Crippen LogP) is -0.741. The molecule has 1 rings (SSSR count). The Bertz CT molecular complexity index is 257. The smallest absolute Gasteiger partial charge is 0.255 e. The van der Waals surface area contributed by atoms with Crippen molar-refractivity contribution in [3.63, 3.8) is 0 Å². The van der Waals surface area contributed by atoms with Crippen LogP contribution in [0.4, 0.5) is 8.78 Å². The van der Waals surface area contributed by atoms with E-state index in [1.165, 1.54) is 0 Å². The lowest BCUT2D eigenvalue weighted by molar-refractivity contribution is -0.120. The van der Waals surface area contributed by atoms with Gasteiger partial charge in [0, 0.05) is 13.6 Å². The molecule has 0 fully saturated rings. The van der Waals surface area contributed by atoms with Crippen molar-refractivity contribution in [1.82, 2.24) is 15.5 Å². The fourth-order valence-corrected chi connectivity index (χ4v) is 1.14. The van der Waals surface area contributed by atoms with E-state index in [-0.39, 0.29) is 6.54 Å². The molecule has 86 valence electrons. The summed E-state index contributed by atoms with van der Waals surface area (Å²) in [6.45, 7) is 0.858. The lowest BCUT2D eigenvalue weighted by Gasteiger charge is -2.14. The molecule has 0 radical (unpaired) electrons. The number of carbonyl (C=O) groups excluding carboxylic acids is 1. The van der Waals surface area contributed by atoms with Crippen molar-refractivity contribution in [2.75, 3.05) is 33.2 Å². The van der Waals surface area contributed by atoms with Gasteiger partial charge in [-0.1, -0.05) is 0 Å². The number of alkyl halides is 2. The third kappa shape index (κ3) is 4.09. The summed E-state index contributed by atoms with van der Waals surface area (Å²) in [5, 5.41) is 4.87.